The second-order valence-electron chi connectivity index (χ2n) is 2.31. The van der Waals surface area contributed by atoms with E-state index in [2.05, 4.69) is 5.32 Å². The molecule has 5 heteroatoms. The maximum atomic E-state index is 9.93. The number of hydrogen-bond donors (Lipinski definition) is 3. The zero-order valence-corrected chi connectivity index (χ0v) is 7.50. The standard InChI is InChI=1S/C5H11NO2.C2H4O2/c1-4(6-2)3-5(7)8;1-2(3)4/h4,6H,3H2,1-2H3,(H,7,8);1H3,(H,3,4)/t4-;/m1./s1. The lowest BCUT2D eigenvalue weighted by Crippen LogP contribution is -2.24. The first kappa shape index (κ1) is 13.5. The van der Waals surface area contributed by atoms with E-state index in [9.17, 15) is 4.79 Å². The molecule has 1 atom stereocenters. The largest absolute Gasteiger partial charge is 0.481 e. The van der Waals surface area contributed by atoms with Gasteiger partial charge in [-0.15, -0.1) is 0 Å². The van der Waals surface area contributed by atoms with Crippen LogP contribution < -0.4 is 5.32 Å². The number of carboxylic acids is 2. The minimum absolute atomic E-state index is 0.0764. The van der Waals surface area contributed by atoms with Crippen molar-refractivity contribution in [3.63, 3.8) is 0 Å². The number of aliphatic carboxylic acids is 2. The summed E-state index contributed by atoms with van der Waals surface area (Å²) in [6.45, 7) is 2.91. The Balaban J connectivity index is 0. The molecule has 0 rings (SSSR count). The SMILES string of the molecule is CC(=O)O.CN[C@H](C)CC(=O)O. The minimum Gasteiger partial charge on any atom is -0.481 e. The van der Waals surface area contributed by atoms with Gasteiger partial charge in [0.2, 0.25) is 0 Å². The van der Waals surface area contributed by atoms with Crippen molar-refractivity contribution in [3.05, 3.63) is 0 Å². The lowest BCUT2D eigenvalue weighted by molar-refractivity contribution is -0.137. The van der Waals surface area contributed by atoms with E-state index in [4.69, 9.17) is 15.0 Å². The molecule has 0 aromatic rings. The molecule has 3 N–H and O–H groups in total. The highest BCUT2D eigenvalue weighted by Gasteiger charge is 2.02. The molecule has 0 aliphatic carbocycles. The van der Waals surface area contributed by atoms with E-state index in [-0.39, 0.29) is 12.5 Å². The topological polar surface area (TPSA) is 86.6 Å². The quantitative estimate of drug-likeness (QED) is 0.571. The van der Waals surface area contributed by atoms with E-state index in [0.717, 1.165) is 6.92 Å². The third-order valence-electron chi connectivity index (χ3n) is 0.974. The van der Waals surface area contributed by atoms with E-state index in [0.29, 0.717) is 0 Å². The van der Waals surface area contributed by atoms with Crippen LogP contribution in [0.15, 0.2) is 0 Å². The highest BCUT2D eigenvalue weighted by atomic mass is 16.4. The van der Waals surface area contributed by atoms with Crippen LogP contribution in [0.3, 0.4) is 0 Å². The van der Waals surface area contributed by atoms with Crippen LogP contribution in [0, 0.1) is 0 Å². The average Bonchev–Trinajstić information content (AvgIpc) is 1.84. The summed E-state index contributed by atoms with van der Waals surface area (Å²) in [5, 5.41) is 18.4. The van der Waals surface area contributed by atoms with Crippen molar-refractivity contribution in [2.45, 2.75) is 26.3 Å². The van der Waals surface area contributed by atoms with Gasteiger partial charge in [0, 0.05) is 13.0 Å². The van der Waals surface area contributed by atoms with E-state index in [1.54, 1.807) is 7.05 Å². The zero-order chi connectivity index (χ0) is 10.1. The predicted octanol–water partition coefficient (Wildman–Crippen LogP) is 0.160. The Bertz CT molecular complexity index is 142. The van der Waals surface area contributed by atoms with Crippen LogP contribution in [-0.2, 0) is 9.59 Å². The van der Waals surface area contributed by atoms with Gasteiger partial charge in [-0.3, -0.25) is 9.59 Å². The first-order valence-electron chi connectivity index (χ1n) is 3.48. The predicted molar refractivity (Wildman–Crippen MR) is 44.1 cm³/mol. The molecule has 0 spiro atoms. The number of rotatable bonds is 3. The molecular weight excluding hydrogens is 162 g/mol. The summed E-state index contributed by atoms with van der Waals surface area (Å²) in [5.41, 5.74) is 0. The van der Waals surface area contributed by atoms with Gasteiger partial charge >= 0.3 is 5.97 Å². The molecular formula is C7H15NO4. The molecule has 0 amide bonds. The smallest absolute Gasteiger partial charge is 0.304 e. The second kappa shape index (κ2) is 8.00. The third-order valence-corrected chi connectivity index (χ3v) is 0.974. The fourth-order valence-corrected chi connectivity index (χ4v) is 0.364. The van der Waals surface area contributed by atoms with Crippen LogP contribution in [-0.4, -0.2) is 35.2 Å². The Kier molecular flexibility index (Phi) is 8.99. The molecule has 5 nitrogen and oxygen atoms in total. The maximum absolute atomic E-state index is 9.93. The van der Waals surface area contributed by atoms with Gasteiger partial charge in [-0.1, -0.05) is 0 Å². The molecule has 0 saturated carbocycles. The van der Waals surface area contributed by atoms with E-state index in [1.165, 1.54) is 0 Å². The highest BCUT2D eigenvalue weighted by molar-refractivity contribution is 5.67. The van der Waals surface area contributed by atoms with Crippen molar-refractivity contribution in [2.24, 2.45) is 0 Å². The van der Waals surface area contributed by atoms with Gasteiger partial charge < -0.3 is 15.5 Å². The third kappa shape index (κ3) is 23.1. The molecule has 0 radical (unpaired) electrons. The van der Waals surface area contributed by atoms with Crippen LogP contribution in [0.2, 0.25) is 0 Å². The molecule has 12 heavy (non-hydrogen) atoms. The summed E-state index contributed by atoms with van der Waals surface area (Å²) < 4.78 is 0. The average molecular weight is 177 g/mol. The van der Waals surface area contributed by atoms with Crippen LogP contribution in [0.4, 0.5) is 0 Å². The summed E-state index contributed by atoms with van der Waals surface area (Å²) in [6, 6.07) is 0.0764. The molecule has 0 aromatic carbocycles. The summed E-state index contributed by atoms with van der Waals surface area (Å²) >= 11 is 0. The van der Waals surface area contributed by atoms with E-state index >= 15 is 0 Å². The molecule has 0 bridgehead atoms. The zero-order valence-electron chi connectivity index (χ0n) is 7.50. The molecule has 0 saturated heterocycles. The van der Waals surface area contributed by atoms with Crippen molar-refractivity contribution >= 4 is 11.9 Å². The molecule has 0 fully saturated rings. The minimum atomic E-state index is -0.833. The van der Waals surface area contributed by atoms with Gasteiger partial charge in [0.1, 0.15) is 0 Å². The number of nitrogens with one attached hydrogen (secondary N) is 1. The molecule has 0 unspecified atom stereocenters. The van der Waals surface area contributed by atoms with Gasteiger partial charge in [0.25, 0.3) is 5.97 Å². The van der Waals surface area contributed by atoms with Crippen molar-refractivity contribution in [2.75, 3.05) is 7.05 Å². The van der Waals surface area contributed by atoms with Crippen molar-refractivity contribution in [3.8, 4) is 0 Å². The van der Waals surface area contributed by atoms with Crippen LogP contribution in [0.5, 0.6) is 0 Å². The Morgan fingerprint density at radius 2 is 1.75 bits per heavy atom. The summed E-state index contributed by atoms with van der Waals surface area (Å²) in [7, 11) is 1.74. The summed E-state index contributed by atoms with van der Waals surface area (Å²) in [4.78, 5) is 18.9. The Morgan fingerprint density at radius 3 is 1.83 bits per heavy atom. The van der Waals surface area contributed by atoms with Crippen LogP contribution in [0.1, 0.15) is 20.3 Å². The van der Waals surface area contributed by atoms with E-state index < -0.39 is 11.9 Å². The lowest BCUT2D eigenvalue weighted by atomic mass is 10.2. The van der Waals surface area contributed by atoms with Gasteiger partial charge in [0.15, 0.2) is 0 Å². The van der Waals surface area contributed by atoms with Crippen LogP contribution in [0.25, 0.3) is 0 Å². The van der Waals surface area contributed by atoms with Crippen LogP contribution >= 0.6 is 0 Å². The molecule has 0 aromatic heterocycles. The van der Waals surface area contributed by atoms with Gasteiger partial charge in [-0.05, 0) is 14.0 Å². The van der Waals surface area contributed by atoms with E-state index in [1.807, 2.05) is 6.92 Å². The maximum Gasteiger partial charge on any atom is 0.304 e. The monoisotopic (exact) mass is 177 g/mol. The molecule has 72 valence electrons. The molecule has 0 aliphatic rings. The molecule has 0 aliphatic heterocycles. The van der Waals surface area contributed by atoms with Gasteiger partial charge in [-0.2, -0.15) is 0 Å². The Morgan fingerprint density at radius 1 is 1.42 bits per heavy atom. The fraction of sp³-hybridized carbons (Fsp3) is 0.714. The molecule has 0 heterocycles. The first-order valence-corrected chi connectivity index (χ1v) is 3.48. The highest BCUT2D eigenvalue weighted by Crippen LogP contribution is 1.86. The second-order valence-corrected chi connectivity index (χ2v) is 2.31. The van der Waals surface area contributed by atoms with Crippen molar-refractivity contribution in [1.82, 2.24) is 5.32 Å². The Labute approximate surface area is 71.4 Å². The number of carbonyl (C=O) groups is 2. The first-order chi connectivity index (χ1) is 5.40. The normalized spacial score (nSPS) is 10.9. The lowest BCUT2D eigenvalue weighted by Gasteiger charge is -2.03. The van der Waals surface area contributed by atoms with Gasteiger partial charge in [0.05, 0.1) is 6.42 Å². The van der Waals surface area contributed by atoms with Crippen molar-refractivity contribution in [1.29, 1.82) is 0 Å². The Hall–Kier alpha value is -1.10. The van der Waals surface area contributed by atoms with Gasteiger partial charge in [-0.25, -0.2) is 0 Å². The fourth-order valence-electron chi connectivity index (χ4n) is 0.364. The van der Waals surface area contributed by atoms with Crippen molar-refractivity contribution < 1.29 is 19.8 Å². The number of carboxylic acid groups (broad SMARTS) is 2. The summed E-state index contributed by atoms with van der Waals surface area (Å²) in [6.07, 6.45) is 0.191. The summed E-state index contributed by atoms with van der Waals surface area (Å²) in [5.74, 6) is -1.59. The number of hydrogen-bond acceptors (Lipinski definition) is 3.